The summed E-state index contributed by atoms with van der Waals surface area (Å²) in [5.74, 6) is 0.335. The number of esters is 1. The summed E-state index contributed by atoms with van der Waals surface area (Å²) in [6, 6.07) is 0. The Balaban J connectivity index is 1.92. The predicted octanol–water partition coefficient (Wildman–Crippen LogP) is 1.59. The van der Waals surface area contributed by atoms with Crippen LogP contribution in [0, 0.1) is 11.8 Å². The molecule has 1 aliphatic heterocycles. The molecule has 3 fully saturated rings. The minimum Gasteiger partial charge on any atom is -0.445 e. The second-order valence-corrected chi connectivity index (χ2v) is 4.31. The lowest BCUT2D eigenvalue weighted by Gasteiger charge is -2.30. The minimum absolute atomic E-state index is 0.188. The monoisotopic (exact) mass is 180 g/mol. The molecule has 0 N–H and O–H groups in total. The van der Waals surface area contributed by atoms with Crippen molar-refractivity contribution in [3.05, 3.63) is 12.3 Å². The molecule has 2 saturated carbocycles. The largest absolute Gasteiger partial charge is 0.445 e. The van der Waals surface area contributed by atoms with Crippen molar-refractivity contribution >= 4 is 5.97 Å². The van der Waals surface area contributed by atoms with Gasteiger partial charge in [0.25, 0.3) is 5.79 Å². The molecule has 3 atom stereocenters. The van der Waals surface area contributed by atoms with Gasteiger partial charge in [-0.3, -0.25) is 0 Å². The van der Waals surface area contributed by atoms with Crippen molar-refractivity contribution in [3.63, 3.8) is 0 Å². The first-order valence-electron chi connectivity index (χ1n) is 4.81. The van der Waals surface area contributed by atoms with Crippen LogP contribution >= 0.6 is 0 Å². The van der Waals surface area contributed by atoms with Crippen LogP contribution in [-0.2, 0) is 14.3 Å². The second-order valence-electron chi connectivity index (χ2n) is 4.31. The molecule has 3 nitrogen and oxygen atoms in total. The lowest BCUT2D eigenvalue weighted by atomic mass is 9.94. The van der Waals surface area contributed by atoms with E-state index >= 15 is 0 Å². The normalized spacial score (nSPS) is 47.1. The van der Waals surface area contributed by atoms with E-state index in [0.29, 0.717) is 11.8 Å². The lowest BCUT2D eigenvalue weighted by molar-refractivity contribution is -0.191. The summed E-state index contributed by atoms with van der Waals surface area (Å²) in [6.07, 6.45) is 4.42. The van der Waals surface area contributed by atoms with Gasteiger partial charge < -0.3 is 9.47 Å². The zero-order valence-electron chi connectivity index (χ0n) is 7.41. The molecular weight excluding hydrogens is 168 g/mol. The maximum Gasteiger partial charge on any atom is 0.376 e. The average molecular weight is 180 g/mol. The molecule has 70 valence electrons. The average Bonchev–Trinajstić information content (AvgIpc) is 2.68. The second kappa shape index (κ2) is 2.08. The highest BCUT2D eigenvalue weighted by molar-refractivity contribution is 5.87. The number of carbonyl (C=O) groups excluding carboxylic acids is 1. The predicted molar refractivity (Wildman–Crippen MR) is 44.5 cm³/mol. The van der Waals surface area contributed by atoms with Gasteiger partial charge in [-0.2, -0.15) is 0 Å². The van der Waals surface area contributed by atoms with Crippen molar-refractivity contribution in [2.45, 2.75) is 31.5 Å². The van der Waals surface area contributed by atoms with Crippen LogP contribution in [0.2, 0.25) is 0 Å². The Morgan fingerprint density at radius 2 is 2.23 bits per heavy atom. The van der Waals surface area contributed by atoms with Crippen molar-refractivity contribution in [2.75, 3.05) is 0 Å². The van der Waals surface area contributed by atoms with Crippen molar-refractivity contribution in [1.29, 1.82) is 0 Å². The van der Waals surface area contributed by atoms with E-state index in [9.17, 15) is 4.79 Å². The van der Waals surface area contributed by atoms with E-state index in [1.54, 1.807) is 0 Å². The van der Waals surface area contributed by atoms with Crippen LogP contribution in [0.15, 0.2) is 12.3 Å². The van der Waals surface area contributed by atoms with E-state index in [-0.39, 0.29) is 11.7 Å². The Bertz CT molecular complexity index is 279. The zero-order chi connectivity index (χ0) is 9.05. The number of hydrogen-bond donors (Lipinski definition) is 0. The van der Waals surface area contributed by atoms with E-state index in [2.05, 4.69) is 6.58 Å². The van der Waals surface area contributed by atoms with Crippen molar-refractivity contribution < 1.29 is 14.3 Å². The molecule has 3 aliphatic rings. The third-order valence-electron chi connectivity index (χ3n) is 3.53. The van der Waals surface area contributed by atoms with E-state index < -0.39 is 5.79 Å². The molecule has 1 saturated heterocycles. The Hall–Kier alpha value is -0.990. The third kappa shape index (κ3) is 0.820. The van der Waals surface area contributed by atoms with Crippen LogP contribution in [0.4, 0.5) is 0 Å². The van der Waals surface area contributed by atoms with Gasteiger partial charge in [0.15, 0.2) is 0 Å². The van der Waals surface area contributed by atoms with Crippen LogP contribution in [0.3, 0.4) is 0 Å². The summed E-state index contributed by atoms with van der Waals surface area (Å²) in [6.45, 7) is 3.54. The van der Waals surface area contributed by atoms with Gasteiger partial charge in [-0.05, 0) is 31.8 Å². The highest BCUT2D eigenvalue weighted by Gasteiger charge is 2.59. The first kappa shape index (κ1) is 7.42. The SMILES string of the molecule is C=C1OC2(CC3CCC2C3)OC1=O. The van der Waals surface area contributed by atoms with Gasteiger partial charge in [0.1, 0.15) is 0 Å². The van der Waals surface area contributed by atoms with Gasteiger partial charge in [-0.25, -0.2) is 4.79 Å². The number of carbonyl (C=O) groups is 1. The van der Waals surface area contributed by atoms with Crippen molar-refractivity contribution in [1.82, 2.24) is 0 Å². The topological polar surface area (TPSA) is 35.5 Å². The fourth-order valence-corrected chi connectivity index (χ4v) is 2.96. The molecule has 0 aromatic carbocycles. The van der Waals surface area contributed by atoms with Gasteiger partial charge in [0.2, 0.25) is 5.76 Å². The molecular formula is C10H12O3. The van der Waals surface area contributed by atoms with Crippen LogP contribution in [0.5, 0.6) is 0 Å². The first-order chi connectivity index (χ1) is 6.20. The van der Waals surface area contributed by atoms with E-state index in [0.717, 1.165) is 19.3 Å². The van der Waals surface area contributed by atoms with E-state index in [1.165, 1.54) is 6.42 Å². The molecule has 2 bridgehead atoms. The van der Waals surface area contributed by atoms with Crippen LogP contribution in [0.25, 0.3) is 0 Å². The molecule has 1 heterocycles. The fourth-order valence-electron chi connectivity index (χ4n) is 2.96. The van der Waals surface area contributed by atoms with Gasteiger partial charge in [0, 0.05) is 12.3 Å². The zero-order valence-corrected chi connectivity index (χ0v) is 7.41. The van der Waals surface area contributed by atoms with Crippen molar-refractivity contribution in [2.24, 2.45) is 11.8 Å². The maximum absolute atomic E-state index is 11.2. The summed E-state index contributed by atoms with van der Waals surface area (Å²) in [7, 11) is 0. The molecule has 1 spiro atoms. The summed E-state index contributed by atoms with van der Waals surface area (Å²) in [5.41, 5.74) is 0. The highest BCUT2D eigenvalue weighted by atomic mass is 16.8. The van der Waals surface area contributed by atoms with Gasteiger partial charge in [-0.15, -0.1) is 0 Å². The maximum atomic E-state index is 11.2. The first-order valence-corrected chi connectivity index (χ1v) is 4.81. The summed E-state index contributed by atoms with van der Waals surface area (Å²) < 4.78 is 10.8. The Kier molecular flexibility index (Phi) is 1.19. The van der Waals surface area contributed by atoms with Crippen LogP contribution in [0.1, 0.15) is 25.7 Å². The Morgan fingerprint density at radius 1 is 1.38 bits per heavy atom. The van der Waals surface area contributed by atoms with Gasteiger partial charge >= 0.3 is 5.97 Å². The van der Waals surface area contributed by atoms with Crippen LogP contribution in [-0.4, -0.2) is 11.8 Å². The molecule has 3 heteroatoms. The lowest BCUT2D eigenvalue weighted by Crippen LogP contribution is -2.36. The van der Waals surface area contributed by atoms with E-state index in [1.807, 2.05) is 0 Å². The molecule has 0 radical (unpaired) electrons. The summed E-state index contributed by atoms with van der Waals surface area (Å²) in [4.78, 5) is 11.2. The Labute approximate surface area is 76.7 Å². The molecule has 13 heavy (non-hydrogen) atoms. The van der Waals surface area contributed by atoms with Gasteiger partial charge in [0.05, 0.1) is 0 Å². The molecule has 0 aromatic heterocycles. The standard InChI is InChI=1S/C10H12O3/c1-6-9(11)13-10(12-6)5-7-2-3-8(10)4-7/h7-8H,1-5H2. The highest BCUT2D eigenvalue weighted by Crippen LogP contribution is 2.55. The van der Waals surface area contributed by atoms with E-state index in [4.69, 9.17) is 9.47 Å². The summed E-state index contributed by atoms with van der Waals surface area (Å²) in [5, 5.41) is 0. The van der Waals surface area contributed by atoms with Gasteiger partial charge in [-0.1, -0.05) is 0 Å². The third-order valence-corrected chi connectivity index (χ3v) is 3.53. The minimum atomic E-state index is -0.600. The number of ether oxygens (including phenoxy) is 2. The smallest absolute Gasteiger partial charge is 0.376 e. The van der Waals surface area contributed by atoms with Crippen molar-refractivity contribution in [3.8, 4) is 0 Å². The Morgan fingerprint density at radius 3 is 2.69 bits per heavy atom. The molecule has 0 amide bonds. The molecule has 3 unspecified atom stereocenters. The summed E-state index contributed by atoms with van der Waals surface area (Å²) >= 11 is 0. The quantitative estimate of drug-likeness (QED) is 0.419. The number of hydrogen-bond acceptors (Lipinski definition) is 3. The molecule has 3 rings (SSSR count). The number of rotatable bonds is 0. The number of fused-ring (bicyclic) bond motifs is 3. The fraction of sp³-hybridized carbons (Fsp3) is 0.700. The molecule has 2 aliphatic carbocycles. The molecule has 0 aromatic rings. The van der Waals surface area contributed by atoms with Crippen LogP contribution < -0.4 is 0 Å².